The molecule has 29 heavy (non-hydrogen) atoms. The summed E-state index contributed by atoms with van der Waals surface area (Å²) >= 11 is 0. The van der Waals surface area contributed by atoms with Crippen molar-refractivity contribution in [1.29, 1.82) is 0 Å². The van der Waals surface area contributed by atoms with Crippen LogP contribution in [0.5, 0.6) is 0 Å². The fraction of sp³-hybridized carbons (Fsp3) is 0.208. The van der Waals surface area contributed by atoms with Gasteiger partial charge in [0, 0.05) is 23.8 Å². The zero-order chi connectivity index (χ0) is 21.0. The topological polar surface area (TPSA) is 71.1 Å². The number of benzene rings is 2. The molecule has 1 aromatic heterocycles. The van der Waals surface area contributed by atoms with Gasteiger partial charge in [-0.15, -0.1) is 0 Å². The summed E-state index contributed by atoms with van der Waals surface area (Å²) in [6.45, 7) is 8.40. The van der Waals surface area contributed by atoms with Crippen molar-refractivity contribution in [2.45, 2.75) is 33.1 Å². The van der Waals surface area contributed by atoms with Crippen LogP contribution in [0.4, 0.5) is 11.4 Å². The molecule has 0 spiro atoms. The number of aromatic nitrogens is 1. The zero-order valence-corrected chi connectivity index (χ0v) is 17.1. The Morgan fingerprint density at radius 3 is 1.66 bits per heavy atom. The van der Waals surface area contributed by atoms with E-state index in [0.717, 1.165) is 5.56 Å². The Balaban J connectivity index is 1.70. The van der Waals surface area contributed by atoms with Crippen LogP contribution >= 0.6 is 0 Å². The molecule has 5 nitrogen and oxygen atoms in total. The third-order valence-corrected chi connectivity index (χ3v) is 4.58. The highest BCUT2D eigenvalue weighted by Crippen LogP contribution is 2.23. The molecule has 1 heterocycles. The maximum atomic E-state index is 12.6. The lowest BCUT2D eigenvalue weighted by Gasteiger charge is -2.19. The second kappa shape index (κ2) is 8.27. The standard InChI is InChI=1S/C24H25N3O2/c1-16-5-9-20(10-6-16)26-22(28)17-13-18(15-25-14-17)23(29)27-21-11-7-19(8-12-21)24(2,3)4/h5-15H,1-4H3,(H,26,28)(H,27,29). The third-order valence-electron chi connectivity index (χ3n) is 4.58. The summed E-state index contributed by atoms with van der Waals surface area (Å²) in [5, 5.41) is 5.66. The van der Waals surface area contributed by atoms with Crippen LogP contribution in [0.1, 0.15) is 52.6 Å². The fourth-order valence-corrected chi connectivity index (χ4v) is 2.79. The van der Waals surface area contributed by atoms with Crippen LogP contribution in [0.15, 0.2) is 67.0 Å². The minimum absolute atomic E-state index is 0.0472. The first-order chi connectivity index (χ1) is 13.7. The number of amides is 2. The van der Waals surface area contributed by atoms with E-state index in [1.54, 1.807) is 0 Å². The van der Waals surface area contributed by atoms with Gasteiger partial charge in [0.15, 0.2) is 0 Å². The maximum absolute atomic E-state index is 12.6. The third kappa shape index (κ3) is 5.29. The van der Waals surface area contributed by atoms with Crippen molar-refractivity contribution in [3.05, 3.63) is 89.2 Å². The summed E-state index contributed by atoms with van der Waals surface area (Å²) in [5.74, 6) is -0.628. The highest BCUT2D eigenvalue weighted by Gasteiger charge is 2.15. The molecular formula is C24H25N3O2. The molecular weight excluding hydrogens is 362 g/mol. The van der Waals surface area contributed by atoms with Crippen molar-refractivity contribution in [1.82, 2.24) is 4.98 Å². The van der Waals surface area contributed by atoms with E-state index in [0.29, 0.717) is 22.5 Å². The van der Waals surface area contributed by atoms with E-state index in [1.165, 1.54) is 24.0 Å². The lowest BCUT2D eigenvalue weighted by atomic mass is 9.87. The molecule has 0 aliphatic carbocycles. The van der Waals surface area contributed by atoms with E-state index < -0.39 is 0 Å². The van der Waals surface area contributed by atoms with E-state index in [2.05, 4.69) is 36.4 Å². The van der Waals surface area contributed by atoms with Crippen LogP contribution in [0.25, 0.3) is 0 Å². The smallest absolute Gasteiger partial charge is 0.257 e. The molecule has 0 atom stereocenters. The van der Waals surface area contributed by atoms with E-state index in [9.17, 15) is 9.59 Å². The minimum Gasteiger partial charge on any atom is -0.322 e. The molecule has 0 aliphatic rings. The SMILES string of the molecule is Cc1ccc(NC(=O)c2cncc(C(=O)Nc3ccc(C(C)(C)C)cc3)c2)cc1. The van der Waals surface area contributed by atoms with Gasteiger partial charge in [0.1, 0.15) is 0 Å². The molecule has 2 N–H and O–H groups in total. The van der Waals surface area contributed by atoms with E-state index in [1.807, 2.05) is 55.5 Å². The summed E-state index contributed by atoms with van der Waals surface area (Å²) in [6.07, 6.45) is 2.89. The van der Waals surface area contributed by atoms with Gasteiger partial charge in [-0.1, -0.05) is 50.6 Å². The van der Waals surface area contributed by atoms with Gasteiger partial charge in [-0.2, -0.15) is 0 Å². The molecule has 0 saturated heterocycles. The average Bonchev–Trinajstić information content (AvgIpc) is 2.69. The first kappa shape index (κ1) is 20.3. The van der Waals surface area contributed by atoms with Gasteiger partial charge < -0.3 is 10.6 Å². The monoisotopic (exact) mass is 387 g/mol. The Morgan fingerprint density at radius 1 is 0.759 bits per heavy atom. The maximum Gasteiger partial charge on any atom is 0.257 e. The van der Waals surface area contributed by atoms with Gasteiger partial charge in [0.2, 0.25) is 0 Å². The van der Waals surface area contributed by atoms with Crippen molar-refractivity contribution >= 4 is 23.2 Å². The number of anilines is 2. The fourth-order valence-electron chi connectivity index (χ4n) is 2.79. The van der Waals surface area contributed by atoms with E-state index >= 15 is 0 Å². The molecule has 3 rings (SSSR count). The second-order valence-corrected chi connectivity index (χ2v) is 8.06. The predicted octanol–water partition coefficient (Wildman–Crippen LogP) is 5.19. The Bertz CT molecular complexity index is 1020. The molecule has 148 valence electrons. The van der Waals surface area contributed by atoms with Crippen molar-refractivity contribution in [3.63, 3.8) is 0 Å². The lowest BCUT2D eigenvalue weighted by Crippen LogP contribution is -2.16. The highest BCUT2D eigenvalue weighted by molar-refractivity contribution is 6.08. The number of nitrogens with zero attached hydrogens (tertiary/aromatic N) is 1. The Hall–Kier alpha value is -3.47. The quantitative estimate of drug-likeness (QED) is 0.647. The molecule has 2 aromatic carbocycles. The summed E-state index contributed by atoms with van der Waals surface area (Å²) in [4.78, 5) is 29.1. The molecule has 5 heteroatoms. The first-order valence-corrected chi connectivity index (χ1v) is 9.47. The van der Waals surface area contributed by atoms with Crippen LogP contribution in [0, 0.1) is 6.92 Å². The Kier molecular flexibility index (Phi) is 5.78. The second-order valence-electron chi connectivity index (χ2n) is 8.06. The van der Waals surface area contributed by atoms with Crippen molar-refractivity contribution in [2.24, 2.45) is 0 Å². The molecule has 0 saturated carbocycles. The molecule has 0 bridgehead atoms. The molecule has 2 amide bonds. The molecule has 0 aliphatic heterocycles. The van der Waals surface area contributed by atoms with E-state index in [-0.39, 0.29) is 17.2 Å². The number of nitrogens with one attached hydrogen (secondary N) is 2. The van der Waals surface area contributed by atoms with Gasteiger partial charge in [-0.25, -0.2) is 0 Å². The van der Waals surface area contributed by atoms with Crippen LogP contribution in [-0.2, 0) is 5.41 Å². The van der Waals surface area contributed by atoms with Crippen molar-refractivity contribution in [3.8, 4) is 0 Å². The van der Waals surface area contributed by atoms with Gasteiger partial charge in [-0.05, 0) is 48.2 Å². The normalized spacial score (nSPS) is 11.0. The molecule has 3 aromatic rings. The van der Waals surface area contributed by atoms with Crippen LogP contribution in [-0.4, -0.2) is 16.8 Å². The Labute approximate surface area is 171 Å². The highest BCUT2D eigenvalue weighted by atomic mass is 16.2. The number of rotatable bonds is 4. The minimum atomic E-state index is -0.314. The molecule has 0 radical (unpaired) electrons. The summed E-state index contributed by atoms with van der Waals surface area (Å²) in [5.41, 5.74) is 4.37. The summed E-state index contributed by atoms with van der Waals surface area (Å²) < 4.78 is 0. The largest absolute Gasteiger partial charge is 0.322 e. The average molecular weight is 387 g/mol. The van der Waals surface area contributed by atoms with E-state index in [4.69, 9.17) is 0 Å². The summed E-state index contributed by atoms with van der Waals surface area (Å²) in [7, 11) is 0. The van der Waals surface area contributed by atoms with Gasteiger partial charge in [0.25, 0.3) is 11.8 Å². The van der Waals surface area contributed by atoms with Crippen LogP contribution < -0.4 is 10.6 Å². The number of hydrogen-bond donors (Lipinski definition) is 2. The van der Waals surface area contributed by atoms with Gasteiger partial charge in [-0.3, -0.25) is 14.6 Å². The Morgan fingerprint density at radius 2 is 1.21 bits per heavy atom. The lowest BCUT2D eigenvalue weighted by molar-refractivity contribution is 0.102. The number of carbonyl (C=O) groups is 2. The first-order valence-electron chi connectivity index (χ1n) is 9.47. The zero-order valence-electron chi connectivity index (χ0n) is 17.1. The number of aryl methyl sites for hydroxylation is 1. The van der Waals surface area contributed by atoms with Crippen LogP contribution in [0.3, 0.4) is 0 Å². The predicted molar refractivity (Wildman–Crippen MR) is 116 cm³/mol. The van der Waals surface area contributed by atoms with Gasteiger partial charge >= 0.3 is 0 Å². The van der Waals surface area contributed by atoms with Crippen molar-refractivity contribution in [2.75, 3.05) is 10.6 Å². The molecule has 0 fully saturated rings. The number of hydrogen-bond acceptors (Lipinski definition) is 3. The van der Waals surface area contributed by atoms with Crippen molar-refractivity contribution < 1.29 is 9.59 Å². The van der Waals surface area contributed by atoms with Crippen LogP contribution in [0.2, 0.25) is 0 Å². The number of carbonyl (C=O) groups excluding carboxylic acids is 2. The number of pyridine rings is 1. The summed E-state index contributed by atoms with van der Waals surface area (Å²) in [6, 6.07) is 16.8. The van der Waals surface area contributed by atoms with Gasteiger partial charge in [0.05, 0.1) is 11.1 Å². The molecule has 0 unspecified atom stereocenters.